The van der Waals surface area contributed by atoms with Gasteiger partial charge in [0.15, 0.2) is 22.2 Å². The van der Waals surface area contributed by atoms with Gasteiger partial charge in [0.25, 0.3) is 0 Å². The molecule has 2 aromatic rings. The first-order valence-corrected chi connectivity index (χ1v) is 8.45. The second kappa shape index (κ2) is 7.93. The van der Waals surface area contributed by atoms with Crippen LogP contribution in [0.2, 0.25) is 0 Å². The van der Waals surface area contributed by atoms with Gasteiger partial charge in [-0.1, -0.05) is 22.0 Å². The third kappa shape index (κ3) is 5.51. The van der Waals surface area contributed by atoms with E-state index >= 15 is 0 Å². The second-order valence-electron chi connectivity index (χ2n) is 2.91. The number of hydrogen-bond donors (Lipinski definition) is 2. The molecule has 2 atom stereocenters. The molecule has 2 rings (SSSR count). The molecule has 98 valence electrons. The maximum absolute atomic E-state index is 10.4. The summed E-state index contributed by atoms with van der Waals surface area (Å²) in [5, 5.41) is 3.42. The zero-order valence-electron chi connectivity index (χ0n) is 8.86. The fourth-order valence-electron chi connectivity index (χ4n) is 0.927. The van der Waals surface area contributed by atoms with Crippen LogP contribution in [0.5, 0.6) is 0 Å². The molecule has 0 radical (unpaired) electrons. The second-order valence-corrected chi connectivity index (χ2v) is 6.55. The first-order valence-electron chi connectivity index (χ1n) is 4.50. The largest absolute Gasteiger partial charge is 0.302 e. The highest BCUT2D eigenvalue weighted by Gasteiger charge is 1.97. The fourth-order valence-corrected chi connectivity index (χ4v) is 3.18. The van der Waals surface area contributed by atoms with Crippen LogP contribution in [0.15, 0.2) is 55.4 Å². The van der Waals surface area contributed by atoms with Gasteiger partial charge in [-0.3, -0.25) is 0 Å². The normalized spacial score (nSPS) is 13.3. The van der Waals surface area contributed by atoms with E-state index in [0.717, 1.165) is 4.47 Å². The Labute approximate surface area is 122 Å². The summed E-state index contributed by atoms with van der Waals surface area (Å²) in [6.45, 7) is 0. The molecule has 0 saturated heterocycles. The summed E-state index contributed by atoms with van der Waals surface area (Å²) in [5.74, 6) is 0. The highest BCUT2D eigenvalue weighted by molar-refractivity contribution is 9.10. The van der Waals surface area contributed by atoms with Gasteiger partial charge in [-0.15, -0.1) is 0 Å². The summed E-state index contributed by atoms with van der Waals surface area (Å²) in [7, 11) is 0. The Hall–Kier alpha value is -0.380. The van der Waals surface area contributed by atoms with Crippen LogP contribution in [-0.4, -0.2) is 17.5 Å². The number of halogens is 1. The molecule has 2 N–H and O–H groups in total. The third-order valence-electron chi connectivity index (χ3n) is 1.69. The lowest BCUT2D eigenvalue weighted by Gasteiger charge is -1.93. The molecule has 0 amide bonds. The Morgan fingerprint density at radius 1 is 1.06 bits per heavy atom. The van der Waals surface area contributed by atoms with Crippen LogP contribution < -0.4 is 0 Å². The van der Waals surface area contributed by atoms with E-state index < -0.39 is 22.2 Å². The quantitative estimate of drug-likeness (QED) is 0.796. The van der Waals surface area contributed by atoms with Crippen molar-refractivity contribution in [1.82, 2.24) is 0 Å². The van der Waals surface area contributed by atoms with E-state index in [1.54, 1.807) is 41.1 Å². The molecule has 2 unspecified atom stereocenters. The molecular weight excluding hydrogens is 360 g/mol. The summed E-state index contributed by atoms with van der Waals surface area (Å²) in [4.78, 5) is 0.893. The summed E-state index contributed by atoms with van der Waals surface area (Å²) < 4.78 is 38.4. The van der Waals surface area contributed by atoms with Crippen molar-refractivity contribution in [3.8, 4) is 0 Å². The van der Waals surface area contributed by atoms with Crippen molar-refractivity contribution in [2.24, 2.45) is 0 Å². The maximum Gasteiger partial charge on any atom is 0.187 e. The lowest BCUT2D eigenvalue weighted by atomic mass is 10.4. The van der Waals surface area contributed by atoms with Crippen LogP contribution in [0.4, 0.5) is 0 Å². The minimum Gasteiger partial charge on any atom is -0.302 e. The molecule has 0 bridgehead atoms. The zero-order valence-corrected chi connectivity index (χ0v) is 12.9. The van der Waals surface area contributed by atoms with Gasteiger partial charge in [0.2, 0.25) is 0 Å². The van der Waals surface area contributed by atoms with Crippen LogP contribution in [-0.2, 0) is 22.2 Å². The van der Waals surface area contributed by atoms with Gasteiger partial charge >= 0.3 is 0 Å². The molecule has 18 heavy (non-hydrogen) atoms. The highest BCUT2D eigenvalue weighted by atomic mass is 79.9. The van der Waals surface area contributed by atoms with E-state index in [0.29, 0.717) is 9.79 Å². The van der Waals surface area contributed by atoms with E-state index in [2.05, 4.69) is 15.9 Å². The van der Waals surface area contributed by atoms with E-state index in [1.165, 1.54) is 11.3 Å². The van der Waals surface area contributed by atoms with E-state index in [1.807, 2.05) is 0 Å². The molecule has 1 aromatic carbocycles. The first kappa shape index (κ1) is 15.7. The fraction of sp³-hybridized carbons (Fsp3) is 0. The molecule has 0 aliphatic heterocycles. The molecule has 0 spiro atoms. The molecule has 1 aromatic heterocycles. The predicted octanol–water partition coefficient (Wildman–Crippen LogP) is 3.36. The van der Waals surface area contributed by atoms with Gasteiger partial charge in [0.05, 0.1) is 9.79 Å². The van der Waals surface area contributed by atoms with Crippen molar-refractivity contribution in [1.29, 1.82) is 0 Å². The standard InChI is InChI=1S/C6H5BrO2S.C4H4O2S2/c7-5-2-1-3-6(4-5)10(8)9;5-8(6)4-1-2-7-3-4/h1-4H,(H,8,9);1-3H,(H,5,6). The van der Waals surface area contributed by atoms with Crippen molar-refractivity contribution in [3.05, 3.63) is 45.6 Å². The first-order chi connectivity index (χ1) is 8.50. The number of thiophene rings is 1. The summed E-state index contributed by atoms with van der Waals surface area (Å²) in [6, 6.07) is 8.35. The maximum atomic E-state index is 10.4. The Balaban J connectivity index is 0.000000184. The van der Waals surface area contributed by atoms with Crippen molar-refractivity contribution in [2.75, 3.05) is 0 Å². The molecule has 0 saturated carbocycles. The van der Waals surface area contributed by atoms with Gasteiger partial charge in [0, 0.05) is 9.85 Å². The molecule has 0 aliphatic rings. The Kier molecular flexibility index (Phi) is 6.90. The molecular formula is C10H9BrO4S3. The van der Waals surface area contributed by atoms with Crippen molar-refractivity contribution in [3.63, 3.8) is 0 Å². The Morgan fingerprint density at radius 3 is 2.06 bits per heavy atom. The molecule has 0 fully saturated rings. The highest BCUT2D eigenvalue weighted by Crippen LogP contribution is 2.13. The minimum atomic E-state index is -1.87. The van der Waals surface area contributed by atoms with Crippen LogP contribution in [0.1, 0.15) is 0 Å². The van der Waals surface area contributed by atoms with Crippen LogP contribution in [0, 0.1) is 0 Å². The lowest BCUT2D eigenvalue weighted by Crippen LogP contribution is -1.86. The van der Waals surface area contributed by atoms with Gasteiger partial charge in [-0.25, -0.2) is 8.42 Å². The third-order valence-corrected chi connectivity index (χ3v) is 4.33. The minimum absolute atomic E-state index is 0.411. The molecule has 4 nitrogen and oxygen atoms in total. The molecule has 1 heterocycles. The van der Waals surface area contributed by atoms with Crippen molar-refractivity contribution < 1.29 is 17.5 Å². The monoisotopic (exact) mass is 368 g/mol. The summed E-state index contributed by atoms with van der Waals surface area (Å²) in [5.41, 5.74) is 0. The number of hydrogen-bond acceptors (Lipinski definition) is 3. The van der Waals surface area contributed by atoms with Gasteiger partial charge in [-0.2, -0.15) is 11.3 Å². The summed E-state index contributed by atoms with van der Waals surface area (Å²) >= 11 is 0.943. The van der Waals surface area contributed by atoms with Crippen molar-refractivity contribution >= 4 is 49.4 Å². The Morgan fingerprint density at radius 2 is 1.72 bits per heavy atom. The smallest absolute Gasteiger partial charge is 0.187 e. The number of benzene rings is 1. The number of rotatable bonds is 2. The lowest BCUT2D eigenvalue weighted by molar-refractivity contribution is 0.563. The molecule has 0 aliphatic carbocycles. The zero-order chi connectivity index (χ0) is 13.5. The van der Waals surface area contributed by atoms with Crippen LogP contribution >= 0.6 is 27.3 Å². The van der Waals surface area contributed by atoms with Crippen LogP contribution in [0.25, 0.3) is 0 Å². The van der Waals surface area contributed by atoms with E-state index in [9.17, 15) is 8.42 Å². The van der Waals surface area contributed by atoms with E-state index in [4.69, 9.17) is 9.11 Å². The SMILES string of the molecule is O=S(O)c1cccc(Br)c1.O=S(O)c1ccsc1. The topological polar surface area (TPSA) is 74.6 Å². The average molecular weight is 369 g/mol. The van der Waals surface area contributed by atoms with Gasteiger partial charge in [0.1, 0.15) is 0 Å². The Bertz CT molecular complexity index is 542. The predicted molar refractivity (Wildman–Crippen MR) is 76.5 cm³/mol. The summed E-state index contributed by atoms with van der Waals surface area (Å²) in [6.07, 6.45) is 0. The van der Waals surface area contributed by atoms with Gasteiger partial charge in [-0.05, 0) is 29.6 Å². The molecule has 8 heteroatoms. The van der Waals surface area contributed by atoms with Crippen LogP contribution in [0.3, 0.4) is 0 Å². The van der Waals surface area contributed by atoms with Crippen molar-refractivity contribution in [2.45, 2.75) is 9.79 Å². The van der Waals surface area contributed by atoms with Gasteiger partial charge < -0.3 is 9.11 Å². The average Bonchev–Trinajstić information content (AvgIpc) is 2.83. The van der Waals surface area contributed by atoms with E-state index in [-0.39, 0.29) is 0 Å².